The van der Waals surface area contributed by atoms with Gasteiger partial charge in [-0.1, -0.05) is 47.5 Å². The van der Waals surface area contributed by atoms with E-state index in [1.807, 2.05) is 57.2 Å². The van der Waals surface area contributed by atoms with Gasteiger partial charge in [0, 0.05) is 16.0 Å². The number of rotatable bonds is 4. The fourth-order valence-corrected chi connectivity index (χ4v) is 3.85. The first kappa shape index (κ1) is 17.9. The molecule has 0 spiro atoms. The molecule has 0 unspecified atom stereocenters. The zero-order chi connectivity index (χ0) is 18.8. The van der Waals surface area contributed by atoms with Gasteiger partial charge in [0.1, 0.15) is 10.6 Å². The molecule has 0 bridgehead atoms. The molecule has 0 saturated carbocycles. The lowest BCUT2D eigenvalue weighted by atomic mass is 10.0. The zero-order valence-corrected chi connectivity index (χ0v) is 15.6. The molecular weight excluding hydrogens is 346 g/mol. The van der Waals surface area contributed by atoms with Gasteiger partial charge in [-0.25, -0.2) is 4.79 Å². The standard InChI is InChI=1S/C21H19NO3S/c1-12-4-8-15(9-5-12)17-14(3)26-20(18(17)21(24)25)22-19(23)16-10-6-13(2)7-11-16/h4-11H,1-3H3,(H,22,23)(H,24,25). The molecule has 0 atom stereocenters. The monoisotopic (exact) mass is 365 g/mol. The number of amides is 1. The molecular formula is C21H19NO3S. The Morgan fingerprint density at radius 2 is 1.42 bits per heavy atom. The van der Waals surface area contributed by atoms with E-state index in [0.29, 0.717) is 16.1 Å². The fraction of sp³-hybridized carbons (Fsp3) is 0.143. The molecule has 4 nitrogen and oxygen atoms in total. The van der Waals surface area contributed by atoms with Gasteiger partial charge < -0.3 is 10.4 Å². The van der Waals surface area contributed by atoms with Gasteiger partial charge in [0.15, 0.2) is 0 Å². The van der Waals surface area contributed by atoms with Gasteiger partial charge in [-0.05, 0) is 38.5 Å². The SMILES string of the molecule is Cc1ccc(C(=O)Nc2sc(C)c(-c3ccc(C)cc3)c2C(=O)O)cc1. The Kier molecular flexibility index (Phi) is 4.91. The first-order chi connectivity index (χ1) is 12.4. The number of carbonyl (C=O) groups is 2. The highest BCUT2D eigenvalue weighted by Crippen LogP contribution is 2.40. The number of anilines is 1. The van der Waals surface area contributed by atoms with Gasteiger partial charge in [-0.3, -0.25) is 4.79 Å². The molecule has 0 fully saturated rings. The molecule has 0 saturated heterocycles. The third-order valence-electron chi connectivity index (χ3n) is 4.18. The molecule has 0 aliphatic rings. The smallest absolute Gasteiger partial charge is 0.339 e. The second-order valence-electron chi connectivity index (χ2n) is 6.23. The first-order valence-corrected chi connectivity index (χ1v) is 9.00. The average molecular weight is 365 g/mol. The van der Waals surface area contributed by atoms with Crippen LogP contribution in [0.3, 0.4) is 0 Å². The van der Waals surface area contributed by atoms with Crippen molar-refractivity contribution in [3.8, 4) is 11.1 Å². The second-order valence-corrected chi connectivity index (χ2v) is 7.45. The van der Waals surface area contributed by atoms with Crippen molar-refractivity contribution in [1.82, 2.24) is 0 Å². The topological polar surface area (TPSA) is 66.4 Å². The number of aromatic carboxylic acids is 1. The van der Waals surface area contributed by atoms with Crippen LogP contribution >= 0.6 is 11.3 Å². The number of nitrogens with one attached hydrogen (secondary N) is 1. The Bertz CT molecular complexity index is 970. The van der Waals surface area contributed by atoms with Gasteiger partial charge in [0.05, 0.1) is 0 Å². The van der Waals surface area contributed by atoms with Crippen molar-refractivity contribution >= 4 is 28.2 Å². The minimum Gasteiger partial charge on any atom is -0.478 e. The van der Waals surface area contributed by atoms with Gasteiger partial charge in [-0.15, -0.1) is 11.3 Å². The molecule has 0 aliphatic heterocycles. The summed E-state index contributed by atoms with van der Waals surface area (Å²) < 4.78 is 0. The number of thiophene rings is 1. The van der Waals surface area contributed by atoms with Crippen LogP contribution in [0.15, 0.2) is 48.5 Å². The Morgan fingerprint density at radius 3 is 1.96 bits per heavy atom. The van der Waals surface area contributed by atoms with E-state index in [-0.39, 0.29) is 11.5 Å². The molecule has 1 heterocycles. The third-order valence-corrected chi connectivity index (χ3v) is 5.20. The van der Waals surface area contributed by atoms with Gasteiger partial charge in [0.25, 0.3) is 5.91 Å². The van der Waals surface area contributed by atoms with Crippen molar-refractivity contribution in [1.29, 1.82) is 0 Å². The predicted octanol–water partition coefficient (Wildman–Crippen LogP) is 5.29. The highest BCUT2D eigenvalue weighted by molar-refractivity contribution is 7.17. The third kappa shape index (κ3) is 3.53. The highest BCUT2D eigenvalue weighted by Gasteiger charge is 2.24. The van der Waals surface area contributed by atoms with Gasteiger partial charge in [0.2, 0.25) is 0 Å². The van der Waals surface area contributed by atoms with Crippen LogP contribution in [0.2, 0.25) is 0 Å². The minimum atomic E-state index is -1.05. The maximum atomic E-state index is 12.5. The van der Waals surface area contributed by atoms with E-state index in [1.165, 1.54) is 11.3 Å². The highest BCUT2D eigenvalue weighted by atomic mass is 32.1. The van der Waals surface area contributed by atoms with Crippen LogP contribution in [0.25, 0.3) is 11.1 Å². The minimum absolute atomic E-state index is 0.136. The van der Waals surface area contributed by atoms with Crippen molar-refractivity contribution in [2.45, 2.75) is 20.8 Å². The van der Waals surface area contributed by atoms with Gasteiger partial charge in [-0.2, -0.15) is 0 Å². The number of carbonyl (C=O) groups excluding carboxylic acids is 1. The Morgan fingerprint density at radius 1 is 0.885 bits per heavy atom. The van der Waals surface area contributed by atoms with Crippen LogP contribution in [0, 0.1) is 20.8 Å². The predicted molar refractivity (Wildman–Crippen MR) is 105 cm³/mol. The number of carboxylic acid groups (broad SMARTS) is 1. The summed E-state index contributed by atoms with van der Waals surface area (Å²) in [6.45, 7) is 5.80. The summed E-state index contributed by atoms with van der Waals surface area (Å²) in [4.78, 5) is 25.3. The number of carboxylic acids is 1. The van der Waals surface area contributed by atoms with Crippen LogP contribution in [0.1, 0.15) is 36.7 Å². The van der Waals surface area contributed by atoms with Crippen LogP contribution in [0.5, 0.6) is 0 Å². The van der Waals surface area contributed by atoms with Crippen molar-refractivity contribution < 1.29 is 14.7 Å². The lowest BCUT2D eigenvalue weighted by molar-refractivity contribution is 0.0699. The van der Waals surface area contributed by atoms with Gasteiger partial charge >= 0.3 is 5.97 Å². The summed E-state index contributed by atoms with van der Waals surface area (Å²) in [7, 11) is 0. The molecule has 2 N–H and O–H groups in total. The van der Waals surface area contributed by atoms with Crippen molar-refractivity contribution in [2.24, 2.45) is 0 Å². The number of hydrogen-bond acceptors (Lipinski definition) is 3. The maximum Gasteiger partial charge on any atom is 0.339 e. The van der Waals surface area contributed by atoms with Crippen LogP contribution in [0.4, 0.5) is 5.00 Å². The average Bonchev–Trinajstić information content (AvgIpc) is 2.92. The molecule has 1 amide bonds. The van der Waals surface area contributed by atoms with E-state index in [4.69, 9.17) is 0 Å². The number of hydrogen-bond donors (Lipinski definition) is 2. The molecule has 0 radical (unpaired) electrons. The van der Waals surface area contributed by atoms with E-state index in [9.17, 15) is 14.7 Å². The largest absolute Gasteiger partial charge is 0.478 e. The molecule has 3 rings (SSSR count). The Hall–Kier alpha value is -2.92. The molecule has 2 aromatic carbocycles. The normalized spacial score (nSPS) is 10.6. The fourth-order valence-electron chi connectivity index (χ4n) is 2.78. The van der Waals surface area contributed by atoms with Crippen molar-refractivity contribution in [3.63, 3.8) is 0 Å². The summed E-state index contributed by atoms with van der Waals surface area (Å²) in [6.07, 6.45) is 0. The number of aryl methyl sites for hydroxylation is 3. The van der Waals surface area contributed by atoms with E-state index in [1.54, 1.807) is 12.1 Å². The molecule has 26 heavy (non-hydrogen) atoms. The lowest BCUT2D eigenvalue weighted by Gasteiger charge is -2.07. The zero-order valence-electron chi connectivity index (χ0n) is 14.8. The Balaban J connectivity index is 2.01. The lowest BCUT2D eigenvalue weighted by Crippen LogP contribution is -2.13. The van der Waals surface area contributed by atoms with E-state index < -0.39 is 5.97 Å². The molecule has 132 valence electrons. The first-order valence-electron chi connectivity index (χ1n) is 8.18. The molecule has 5 heteroatoms. The quantitative estimate of drug-likeness (QED) is 0.660. The maximum absolute atomic E-state index is 12.5. The summed E-state index contributed by atoms with van der Waals surface area (Å²) in [5.74, 6) is -1.37. The van der Waals surface area contributed by atoms with E-state index >= 15 is 0 Å². The summed E-state index contributed by atoms with van der Waals surface area (Å²) in [5.41, 5.74) is 4.28. The van der Waals surface area contributed by atoms with E-state index in [0.717, 1.165) is 21.6 Å². The Labute approximate surface area is 156 Å². The van der Waals surface area contributed by atoms with Crippen LogP contribution in [-0.4, -0.2) is 17.0 Å². The second kappa shape index (κ2) is 7.14. The van der Waals surface area contributed by atoms with Crippen LogP contribution in [-0.2, 0) is 0 Å². The van der Waals surface area contributed by atoms with Crippen molar-refractivity contribution in [3.05, 3.63) is 75.7 Å². The van der Waals surface area contributed by atoms with Crippen LogP contribution < -0.4 is 5.32 Å². The summed E-state index contributed by atoms with van der Waals surface area (Å²) >= 11 is 1.28. The molecule has 0 aliphatic carbocycles. The van der Waals surface area contributed by atoms with Crippen molar-refractivity contribution in [2.75, 3.05) is 5.32 Å². The molecule has 3 aromatic rings. The number of benzene rings is 2. The summed E-state index contributed by atoms with van der Waals surface area (Å²) in [5, 5.41) is 12.9. The summed E-state index contributed by atoms with van der Waals surface area (Å²) in [6, 6.07) is 14.9. The molecule has 1 aromatic heterocycles. The van der Waals surface area contributed by atoms with E-state index in [2.05, 4.69) is 5.32 Å².